The zero-order chi connectivity index (χ0) is 13.9. The summed E-state index contributed by atoms with van der Waals surface area (Å²) in [5.74, 6) is 2.33. The van der Waals surface area contributed by atoms with Gasteiger partial charge in [0.1, 0.15) is 12.4 Å². The lowest BCUT2D eigenvalue weighted by molar-refractivity contribution is 0.329. The van der Waals surface area contributed by atoms with Crippen molar-refractivity contribution in [3.05, 3.63) is 41.5 Å². The van der Waals surface area contributed by atoms with Crippen molar-refractivity contribution in [2.24, 2.45) is 0 Å². The Morgan fingerprint density at radius 1 is 1.40 bits per heavy atom. The van der Waals surface area contributed by atoms with Crippen LogP contribution in [0.5, 0.6) is 5.75 Å². The molecule has 3 rings (SSSR count). The molecule has 5 heteroatoms. The third-order valence-electron chi connectivity index (χ3n) is 3.71. The Morgan fingerprint density at radius 3 is 3.10 bits per heavy atom. The fourth-order valence-corrected chi connectivity index (χ4v) is 2.26. The van der Waals surface area contributed by atoms with Crippen molar-refractivity contribution in [1.29, 1.82) is 0 Å². The molecule has 0 aliphatic carbocycles. The van der Waals surface area contributed by atoms with E-state index in [1.165, 1.54) is 0 Å². The first kappa shape index (κ1) is 13.1. The van der Waals surface area contributed by atoms with E-state index in [1.807, 2.05) is 18.2 Å². The van der Waals surface area contributed by atoms with Gasteiger partial charge in [-0.3, -0.25) is 0 Å². The second kappa shape index (κ2) is 5.63. The summed E-state index contributed by atoms with van der Waals surface area (Å²) in [6.45, 7) is 5.47. The van der Waals surface area contributed by atoms with E-state index in [4.69, 9.17) is 9.26 Å². The van der Waals surface area contributed by atoms with E-state index >= 15 is 0 Å². The monoisotopic (exact) mass is 273 g/mol. The van der Waals surface area contributed by atoms with Gasteiger partial charge in [0, 0.05) is 11.6 Å². The minimum Gasteiger partial charge on any atom is -0.492 e. The van der Waals surface area contributed by atoms with Crippen LogP contribution in [0.2, 0.25) is 0 Å². The van der Waals surface area contributed by atoms with Crippen LogP contribution < -0.4 is 10.1 Å². The van der Waals surface area contributed by atoms with Crippen LogP contribution in [0, 0.1) is 0 Å². The molecule has 2 aromatic rings. The first-order valence-electron chi connectivity index (χ1n) is 7.05. The van der Waals surface area contributed by atoms with Crippen LogP contribution in [-0.4, -0.2) is 22.8 Å². The lowest BCUT2D eigenvalue weighted by Gasteiger charge is -2.07. The third-order valence-corrected chi connectivity index (χ3v) is 3.71. The number of nitrogens with one attached hydrogen (secondary N) is 1. The summed E-state index contributed by atoms with van der Waals surface area (Å²) in [5, 5.41) is 7.44. The fourth-order valence-electron chi connectivity index (χ4n) is 2.26. The minimum absolute atomic E-state index is 0.0762. The van der Waals surface area contributed by atoms with Gasteiger partial charge in [0.25, 0.3) is 0 Å². The maximum atomic E-state index is 5.65. The van der Waals surface area contributed by atoms with E-state index in [2.05, 4.69) is 35.4 Å². The van der Waals surface area contributed by atoms with Crippen LogP contribution in [0.4, 0.5) is 0 Å². The Labute approximate surface area is 118 Å². The van der Waals surface area contributed by atoms with Crippen molar-refractivity contribution in [1.82, 2.24) is 15.5 Å². The van der Waals surface area contributed by atoms with Crippen molar-refractivity contribution < 1.29 is 9.26 Å². The number of nitrogens with zero attached hydrogens (tertiary/aromatic N) is 2. The highest BCUT2D eigenvalue weighted by atomic mass is 16.5. The van der Waals surface area contributed by atoms with E-state index in [1.54, 1.807) is 0 Å². The zero-order valence-corrected chi connectivity index (χ0v) is 11.8. The lowest BCUT2D eigenvalue weighted by atomic mass is 10.0. The molecule has 0 radical (unpaired) electrons. The Morgan fingerprint density at radius 2 is 2.25 bits per heavy atom. The summed E-state index contributed by atoms with van der Waals surface area (Å²) in [4.78, 5) is 4.48. The van der Waals surface area contributed by atoms with Crippen molar-refractivity contribution >= 4 is 0 Å². The number of hydrogen-bond donors (Lipinski definition) is 1. The van der Waals surface area contributed by atoms with Gasteiger partial charge in [-0.1, -0.05) is 30.3 Å². The van der Waals surface area contributed by atoms with Gasteiger partial charge >= 0.3 is 0 Å². The molecule has 1 aromatic heterocycles. The molecule has 1 N–H and O–H groups in total. The first-order chi connectivity index (χ1) is 9.78. The molecule has 0 saturated carbocycles. The van der Waals surface area contributed by atoms with Crippen LogP contribution >= 0.6 is 0 Å². The average Bonchev–Trinajstić information content (AvgIpc) is 3.10. The topological polar surface area (TPSA) is 60.2 Å². The van der Waals surface area contributed by atoms with E-state index in [0.29, 0.717) is 30.9 Å². The first-order valence-corrected chi connectivity index (χ1v) is 7.05. The van der Waals surface area contributed by atoms with Gasteiger partial charge in [-0.05, 0) is 19.4 Å². The lowest BCUT2D eigenvalue weighted by Crippen LogP contribution is -2.24. The molecule has 1 aliphatic rings. The Hall–Kier alpha value is -1.88. The summed E-state index contributed by atoms with van der Waals surface area (Å²) in [5.41, 5.74) is 1.13. The number of benzene rings is 1. The second-order valence-electron chi connectivity index (χ2n) is 5.14. The highest BCUT2D eigenvalue weighted by Gasteiger charge is 2.29. The molecule has 0 fully saturated rings. The smallest absolute Gasteiger partial charge is 0.240 e. The predicted molar refractivity (Wildman–Crippen MR) is 74.7 cm³/mol. The van der Waals surface area contributed by atoms with Gasteiger partial charge < -0.3 is 14.6 Å². The third kappa shape index (κ3) is 2.54. The molecule has 1 aromatic carbocycles. The van der Waals surface area contributed by atoms with E-state index in [0.717, 1.165) is 17.7 Å². The molecule has 2 unspecified atom stereocenters. The van der Waals surface area contributed by atoms with E-state index in [9.17, 15) is 0 Å². The van der Waals surface area contributed by atoms with Crippen LogP contribution in [0.1, 0.15) is 43.5 Å². The highest BCUT2D eigenvalue weighted by Crippen LogP contribution is 2.36. The Bertz CT molecular complexity index is 582. The van der Waals surface area contributed by atoms with Gasteiger partial charge in [-0.2, -0.15) is 4.98 Å². The average molecular weight is 273 g/mol. The van der Waals surface area contributed by atoms with Crippen LogP contribution in [0.25, 0.3) is 0 Å². The molecule has 2 heterocycles. The van der Waals surface area contributed by atoms with Gasteiger partial charge in [0.15, 0.2) is 5.82 Å². The number of fused-ring (bicyclic) bond motifs is 1. The molecular formula is C15H19N3O2. The van der Waals surface area contributed by atoms with E-state index in [-0.39, 0.29) is 5.92 Å². The number of hydrogen-bond acceptors (Lipinski definition) is 5. The number of aromatic nitrogens is 2. The van der Waals surface area contributed by atoms with Crippen molar-refractivity contribution in [3.8, 4) is 5.75 Å². The molecule has 20 heavy (non-hydrogen) atoms. The van der Waals surface area contributed by atoms with Crippen molar-refractivity contribution in [2.75, 3.05) is 6.61 Å². The minimum atomic E-state index is 0.0762. The number of ether oxygens (including phenoxy) is 1. The molecule has 0 spiro atoms. The van der Waals surface area contributed by atoms with Gasteiger partial charge in [-0.15, -0.1) is 0 Å². The summed E-state index contributed by atoms with van der Waals surface area (Å²) < 4.78 is 11.0. The normalized spacial score (nSPS) is 18.6. The highest BCUT2D eigenvalue weighted by molar-refractivity contribution is 5.42. The van der Waals surface area contributed by atoms with Crippen molar-refractivity contribution in [2.45, 2.75) is 38.8 Å². The molecule has 0 amide bonds. The summed E-state index contributed by atoms with van der Waals surface area (Å²) in [6.07, 6.45) is 1.07. The quantitative estimate of drug-likeness (QED) is 0.907. The van der Waals surface area contributed by atoms with Crippen LogP contribution in [-0.2, 0) is 6.54 Å². The van der Waals surface area contributed by atoms with Crippen molar-refractivity contribution in [3.63, 3.8) is 0 Å². The molecular weight excluding hydrogens is 254 g/mol. The Kier molecular flexibility index (Phi) is 3.69. The molecule has 0 bridgehead atoms. The summed E-state index contributed by atoms with van der Waals surface area (Å²) in [7, 11) is 0. The zero-order valence-electron chi connectivity index (χ0n) is 11.8. The SMILES string of the molecule is CCC(C)NCc1nc(C2COc3ccccc32)no1. The van der Waals surface area contributed by atoms with Gasteiger partial charge in [-0.25, -0.2) is 0 Å². The van der Waals surface area contributed by atoms with Gasteiger partial charge in [0.2, 0.25) is 5.89 Å². The number of para-hydroxylation sites is 1. The maximum Gasteiger partial charge on any atom is 0.240 e. The molecule has 1 aliphatic heterocycles. The standard InChI is InChI=1S/C15H19N3O2/c1-3-10(2)16-8-14-17-15(18-20-14)12-9-19-13-7-5-4-6-11(12)13/h4-7,10,12,16H,3,8-9H2,1-2H3. The van der Waals surface area contributed by atoms with E-state index < -0.39 is 0 Å². The van der Waals surface area contributed by atoms with Gasteiger partial charge in [0.05, 0.1) is 12.5 Å². The fraction of sp³-hybridized carbons (Fsp3) is 0.467. The number of rotatable bonds is 5. The maximum absolute atomic E-state index is 5.65. The predicted octanol–water partition coefficient (Wildman–Crippen LogP) is 2.48. The van der Waals surface area contributed by atoms with Crippen LogP contribution in [0.15, 0.2) is 28.8 Å². The molecule has 5 nitrogen and oxygen atoms in total. The molecule has 106 valence electrons. The second-order valence-corrected chi connectivity index (χ2v) is 5.14. The molecule has 0 saturated heterocycles. The molecule has 2 atom stereocenters. The summed E-state index contributed by atoms with van der Waals surface area (Å²) >= 11 is 0. The van der Waals surface area contributed by atoms with Crippen LogP contribution in [0.3, 0.4) is 0 Å². The summed E-state index contributed by atoms with van der Waals surface area (Å²) in [6, 6.07) is 8.45. The largest absolute Gasteiger partial charge is 0.492 e. The Balaban J connectivity index is 1.72.